The predicted molar refractivity (Wildman–Crippen MR) is 148 cm³/mol. The molecule has 0 bridgehead atoms. The zero-order chi connectivity index (χ0) is 25.7. The van der Waals surface area contributed by atoms with E-state index < -0.39 is 7.14 Å². The predicted octanol–water partition coefficient (Wildman–Crippen LogP) is 4.42. The normalized spacial score (nSPS) is 19.6. The zero-order valence-electron chi connectivity index (χ0n) is 21.1. The van der Waals surface area contributed by atoms with Gasteiger partial charge in [0.1, 0.15) is 12.2 Å². The molecule has 10 heteroatoms. The van der Waals surface area contributed by atoms with E-state index in [0.717, 1.165) is 69.4 Å². The number of para-hydroxylation sites is 1. The third-order valence-electron chi connectivity index (χ3n) is 6.94. The monoisotopic (exact) mass is 530 g/mol. The summed E-state index contributed by atoms with van der Waals surface area (Å²) in [6.07, 6.45) is 7.24. The average Bonchev–Trinajstić information content (AvgIpc) is 2.86. The van der Waals surface area contributed by atoms with E-state index in [0.29, 0.717) is 22.7 Å². The molecule has 3 heterocycles. The highest BCUT2D eigenvalue weighted by Gasteiger charge is 2.26. The van der Waals surface area contributed by atoms with Crippen LogP contribution in [0.2, 0.25) is 5.02 Å². The minimum atomic E-state index is -2.48. The van der Waals surface area contributed by atoms with Gasteiger partial charge in [0.05, 0.1) is 11.9 Å². The molecule has 4 rings (SSSR count). The Labute approximate surface area is 218 Å². The van der Waals surface area contributed by atoms with Crippen LogP contribution < -0.4 is 15.9 Å². The Hall–Kier alpha value is -2.41. The number of benzene rings is 1. The quantitative estimate of drug-likeness (QED) is 0.385. The Morgan fingerprint density at radius 2 is 1.97 bits per heavy atom. The zero-order valence-corrected chi connectivity index (χ0v) is 22.8. The van der Waals surface area contributed by atoms with Crippen LogP contribution in [0, 0.1) is 5.92 Å². The van der Waals surface area contributed by atoms with Gasteiger partial charge in [-0.2, -0.15) is 4.98 Å². The Balaban J connectivity index is 1.36. The van der Waals surface area contributed by atoms with E-state index in [1.54, 1.807) is 19.5 Å². The van der Waals surface area contributed by atoms with Crippen LogP contribution in [0.15, 0.2) is 43.1 Å². The van der Waals surface area contributed by atoms with Crippen LogP contribution in [0.4, 0.5) is 17.5 Å². The topological polar surface area (TPSA) is 90.5 Å². The molecule has 36 heavy (non-hydrogen) atoms. The van der Waals surface area contributed by atoms with Gasteiger partial charge in [-0.3, -0.25) is 4.79 Å². The molecule has 0 spiro atoms. The summed E-state index contributed by atoms with van der Waals surface area (Å²) in [5.74, 6) is 1.66. The molecule has 2 aliphatic heterocycles. The van der Waals surface area contributed by atoms with Crippen molar-refractivity contribution >= 4 is 47.4 Å². The third-order valence-corrected chi connectivity index (χ3v) is 8.76. The molecule has 2 aliphatic rings. The summed E-state index contributed by atoms with van der Waals surface area (Å²) in [6.45, 7) is 11.8. The summed E-state index contributed by atoms with van der Waals surface area (Å²) in [5.41, 5.74) is 0.738. The first-order valence-corrected chi connectivity index (χ1v) is 15.5. The highest BCUT2D eigenvalue weighted by atomic mass is 35.5. The lowest BCUT2D eigenvalue weighted by Crippen LogP contribution is -2.46. The molecular formula is C26H36ClN6O2P. The fourth-order valence-electron chi connectivity index (χ4n) is 5.05. The summed E-state index contributed by atoms with van der Waals surface area (Å²) in [7, 11) is -2.48. The molecule has 1 aromatic heterocycles. The Bertz CT molecular complexity index is 1130. The van der Waals surface area contributed by atoms with Gasteiger partial charge in [-0.25, -0.2) is 4.98 Å². The number of anilines is 3. The van der Waals surface area contributed by atoms with Crippen molar-refractivity contribution in [2.24, 2.45) is 5.92 Å². The molecule has 1 amide bonds. The SMILES string of the molecule is C=CC(=O)N1CCC(CN2CCC[C@@H](Nc3ncc(Cl)c(Nc4ccccc4P(C)(C)=O)n3)C2)CC1. The van der Waals surface area contributed by atoms with Crippen LogP contribution in [0.5, 0.6) is 0 Å². The second kappa shape index (κ2) is 11.8. The number of halogens is 1. The van der Waals surface area contributed by atoms with E-state index in [4.69, 9.17) is 11.6 Å². The first-order valence-electron chi connectivity index (χ1n) is 12.6. The standard InChI is InChI=1S/C26H36ClN6O2P/c1-4-24(34)33-14-11-19(12-15-33)17-32-13-7-8-20(18-32)29-26-28-16-21(27)25(31-26)30-22-9-5-6-10-23(22)36(2,3)35/h4-6,9-10,16,19-20H,1,7-8,11-15,17-18H2,2-3H3,(H2,28,29,30,31)/t20-/m1/s1. The average molecular weight is 531 g/mol. The van der Waals surface area contributed by atoms with Crippen molar-refractivity contribution in [3.8, 4) is 0 Å². The highest BCUT2D eigenvalue weighted by molar-refractivity contribution is 7.70. The highest BCUT2D eigenvalue weighted by Crippen LogP contribution is 2.38. The number of hydrogen-bond acceptors (Lipinski definition) is 7. The van der Waals surface area contributed by atoms with Gasteiger partial charge in [0, 0.05) is 37.5 Å². The molecule has 1 aromatic carbocycles. The van der Waals surface area contributed by atoms with Gasteiger partial charge in [0.2, 0.25) is 11.9 Å². The summed E-state index contributed by atoms with van der Waals surface area (Å²) >= 11 is 6.40. The summed E-state index contributed by atoms with van der Waals surface area (Å²) in [4.78, 5) is 25.3. The third kappa shape index (κ3) is 6.87. The van der Waals surface area contributed by atoms with Crippen molar-refractivity contribution in [1.82, 2.24) is 19.8 Å². The Morgan fingerprint density at radius 1 is 1.22 bits per heavy atom. The number of carbonyl (C=O) groups is 1. The summed E-state index contributed by atoms with van der Waals surface area (Å²) in [5, 5.41) is 7.93. The van der Waals surface area contributed by atoms with Crippen LogP contribution in [0.1, 0.15) is 25.7 Å². The number of aromatic nitrogens is 2. The van der Waals surface area contributed by atoms with Gasteiger partial charge in [0.25, 0.3) is 0 Å². The maximum atomic E-state index is 12.7. The van der Waals surface area contributed by atoms with Gasteiger partial charge >= 0.3 is 0 Å². The van der Waals surface area contributed by atoms with Crippen LogP contribution >= 0.6 is 18.7 Å². The summed E-state index contributed by atoms with van der Waals surface area (Å²) < 4.78 is 12.7. The smallest absolute Gasteiger partial charge is 0.245 e. The Kier molecular flexibility index (Phi) is 8.70. The number of nitrogens with one attached hydrogen (secondary N) is 2. The molecule has 0 unspecified atom stereocenters. The number of hydrogen-bond donors (Lipinski definition) is 2. The molecule has 0 saturated carbocycles. The van der Waals surface area contributed by atoms with Crippen molar-refractivity contribution in [1.29, 1.82) is 0 Å². The summed E-state index contributed by atoms with van der Waals surface area (Å²) in [6, 6.07) is 7.78. The number of carbonyl (C=O) groups excluding carboxylic acids is 1. The van der Waals surface area contributed by atoms with E-state index >= 15 is 0 Å². The van der Waals surface area contributed by atoms with Crippen molar-refractivity contribution in [3.05, 3.63) is 48.1 Å². The number of amides is 1. The molecule has 2 fully saturated rings. The van der Waals surface area contributed by atoms with E-state index in [-0.39, 0.29) is 11.9 Å². The van der Waals surface area contributed by atoms with Crippen molar-refractivity contribution in [2.45, 2.75) is 31.7 Å². The minimum Gasteiger partial charge on any atom is -0.350 e. The lowest BCUT2D eigenvalue weighted by molar-refractivity contribution is -0.127. The molecule has 194 valence electrons. The number of likely N-dealkylation sites (tertiary alicyclic amines) is 2. The van der Waals surface area contributed by atoms with Crippen LogP contribution in [0.25, 0.3) is 0 Å². The lowest BCUT2D eigenvalue weighted by Gasteiger charge is -2.38. The molecule has 2 saturated heterocycles. The van der Waals surface area contributed by atoms with Crippen molar-refractivity contribution < 1.29 is 9.36 Å². The van der Waals surface area contributed by atoms with Gasteiger partial charge < -0.3 is 25.0 Å². The van der Waals surface area contributed by atoms with Gasteiger partial charge in [-0.05, 0) is 69.7 Å². The molecule has 8 nitrogen and oxygen atoms in total. The van der Waals surface area contributed by atoms with Gasteiger partial charge in [0.15, 0.2) is 5.82 Å². The second-order valence-electron chi connectivity index (χ2n) is 10.1. The minimum absolute atomic E-state index is 0.0365. The van der Waals surface area contributed by atoms with Crippen LogP contribution in [-0.2, 0) is 9.36 Å². The van der Waals surface area contributed by atoms with E-state index in [9.17, 15) is 9.36 Å². The first kappa shape index (κ1) is 26.6. The van der Waals surface area contributed by atoms with E-state index in [1.807, 2.05) is 29.2 Å². The number of piperidine rings is 2. The Morgan fingerprint density at radius 3 is 2.69 bits per heavy atom. The van der Waals surface area contributed by atoms with E-state index in [1.165, 1.54) is 6.08 Å². The van der Waals surface area contributed by atoms with Crippen LogP contribution in [0.3, 0.4) is 0 Å². The fraction of sp³-hybridized carbons (Fsp3) is 0.500. The maximum absolute atomic E-state index is 12.7. The van der Waals surface area contributed by atoms with Crippen LogP contribution in [-0.4, -0.2) is 77.8 Å². The molecule has 1 atom stereocenters. The van der Waals surface area contributed by atoms with Crippen molar-refractivity contribution in [2.75, 3.05) is 56.7 Å². The maximum Gasteiger partial charge on any atom is 0.245 e. The van der Waals surface area contributed by atoms with Crippen molar-refractivity contribution in [3.63, 3.8) is 0 Å². The van der Waals surface area contributed by atoms with Gasteiger partial charge in [-0.15, -0.1) is 0 Å². The molecule has 0 radical (unpaired) electrons. The molecular weight excluding hydrogens is 495 g/mol. The largest absolute Gasteiger partial charge is 0.350 e. The molecule has 2 N–H and O–H groups in total. The second-order valence-corrected chi connectivity index (χ2v) is 13.7. The fourth-order valence-corrected chi connectivity index (χ4v) is 6.35. The van der Waals surface area contributed by atoms with Gasteiger partial charge in [-0.1, -0.05) is 30.3 Å². The first-order chi connectivity index (χ1) is 17.2. The molecule has 0 aliphatic carbocycles. The molecule has 2 aromatic rings. The number of rotatable bonds is 8. The van der Waals surface area contributed by atoms with E-state index in [2.05, 4.69) is 32.1 Å². The number of nitrogens with zero attached hydrogens (tertiary/aromatic N) is 4. The lowest BCUT2D eigenvalue weighted by atomic mass is 9.94.